The molecule has 2 aromatic rings. The molecule has 0 bridgehead atoms. The normalized spacial score (nSPS) is 14.1. The fraction of sp³-hybridized carbons (Fsp3) is 0.500. The van der Waals surface area contributed by atoms with Crippen LogP contribution in [0.1, 0.15) is 52.7 Å². The Morgan fingerprint density at radius 3 is 1.85 bits per heavy atom. The zero-order valence-electron chi connectivity index (χ0n) is 23.8. The number of aliphatic hydroxyl groups is 1. The summed E-state index contributed by atoms with van der Waals surface area (Å²) in [6.07, 6.45) is -2.30. The first-order valence-corrected chi connectivity index (χ1v) is 13.2. The molecule has 3 atom stereocenters. The minimum atomic E-state index is -1.18. The van der Waals surface area contributed by atoms with Gasteiger partial charge in [-0.3, -0.25) is 9.69 Å². The maximum absolute atomic E-state index is 13.4. The van der Waals surface area contributed by atoms with Crippen LogP contribution in [0.5, 0.6) is 0 Å². The van der Waals surface area contributed by atoms with Crippen molar-refractivity contribution < 1.29 is 29.3 Å². The average molecular weight is 542 g/mol. The largest absolute Gasteiger partial charge is 0.465 e. The number of benzene rings is 2. The van der Waals surface area contributed by atoms with E-state index in [9.17, 15) is 24.6 Å². The summed E-state index contributed by atoms with van der Waals surface area (Å²) < 4.78 is 5.37. The van der Waals surface area contributed by atoms with Crippen LogP contribution in [0.4, 0.5) is 9.59 Å². The first-order valence-electron chi connectivity index (χ1n) is 13.2. The van der Waals surface area contributed by atoms with Crippen molar-refractivity contribution in [2.75, 3.05) is 13.1 Å². The molecule has 0 unspecified atom stereocenters. The van der Waals surface area contributed by atoms with Crippen LogP contribution in [0.2, 0.25) is 0 Å². The van der Waals surface area contributed by atoms with E-state index >= 15 is 0 Å². The third-order valence-electron chi connectivity index (χ3n) is 6.00. The number of hydrogen-bond donors (Lipinski definition) is 4. The minimum Gasteiger partial charge on any atom is -0.465 e. The van der Waals surface area contributed by atoms with Crippen molar-refractivity contribution in [3.05, 3.63) is 71.8 Å². The lowest BCUT2D eigenvalue weighted by Crippen LogP contribution is -2.57. The topological polar surface area (TPSA) is 128 Å². The van der Waals surface area contributed by atoms with Crippen LogP contribution < -0.4 is 10.6 Å². The number of carboxylic acid groups (broad SMARTS) is 1. The number of amides is 2. The maximum Gasteiger partial charge on any atom is 0.408 e. The number of Topliss-reactive ketones (excluding diaryl/α,β-unsaturated/α-hetero) is 1. The molecule has 0 aromatic heterocycles. The van der Waals surface area contributed by atoms with Gasteiger partial charge in [0, 0.05) is 18.5 Å². The second-order valence-electron chi connectivity index (χ2n) is 11.6. The van der Waals surface area contributed by atoms with Crippen LogP contribution in [-0.4, -0.2) is 75.5 Å². The van der Waals surface area contributed by atoms with Crippen LogP contribution >= 0.6 is 0 Å². The van der Waals surface area contributed by atoms with Gasteiger partial charge >= 0.3 is 12.2 Å². The number of aliphatic hydroxyl groups excluding tert-OH is 1. The van der Waals surface area contributed by atoms with Crippen LogP contribution in [-0.2, 0) is 22.4 Å². The zero-order chi connectivity index (χ0) is 29.2. The number of carbonyl (C=O) groups excluding carboxylic acids is 2. The zero-order valence-corrected chi connectivity index (χ0v) is 23.8. The Kier molecular flexibility index (Phi) is 11.5. The van der Waals surface area contributed by atoms with E-state index in [-0.39, 0.29) is 25.3 Å². The Bertz CT molecular complexity index is 1060. The molecule has 0 saturated heterocycles. The quantitative estimate of drug-likeness (QED) is 0.319. The number of nitrogens with one attached hydrogen (secondary N) is 2. The molecule has 0 radical (unpaired) electrons. The van der Waals surface area contributed by atoms with Gasteiger partial charge < -0.3 is 25.6 Å². The number of ketones is 1. The van der Waals surface area contributed by atoms with Crippen molar-refractivity contribution in [1.82, 2.24) is 15.5 Å². The van der Waals surface area contributed by atoms with Gasteiger partial charge in [-0.1, -0.05) is 60.7 Å². The third-order valence-corrected chi connectivity index (χ3v) is 6.00. The van der Waals surface area contributed by atoms with Crippen molar-refractivity contribution in [3.8, 4) is 0 Å². The molecule has 214 valence electrons. The third kappa shape index (κ3) is 11.1. The highest BCUT2D eigenvalue weighted by molar-refractivity contribution is 5.89. The number of rotatable bonds is 12. The second kappa shape index (κ2) is 14.1. The molecule has 2 amide bonds. The number of alkyl carbamates (subject to hydrolysis) is 1. The highest BCUT2D eigenvalue weighted by atomic mass is 16.6. The van der Waals surface area contributed by atoms with E-state index in [1.165, 1.54) is 4.90 Å². The van der Waals surface area contributed by atoms with Crippen molar-refractivity contribution in [2.45, 2.75) is 83.7 Å². The van der Waals surface area contributed by atoms with Crippen LogP contribution in [0.25, 0.3) is 0 Å². The van der Waals surface area contributed by atoms with E-state index in [1.807, 2.05) is 60.7 Å². The fourth-order valence-corrected chi connectivity index (χ4v) is 4.29. The smallest absolute Gasteiger partial charge is 0.408 e. The predicted molar refractivity (Wildman–Crippen MR) is 151 cm³/mol. The van der Waals surface area contributed by atoms with Gasteiger partial charge in [0.05, 0.1) is 24.7 Å². The van der Waals surface area contributed by atoms with Gasteiger partial charge in [-0.15, -0.1) is 0 Å². The Morgan fingerprint density at radius 1 is 0.872 bits per heavy atom. The number of hydrogen-bond acceptors (Lipinski definition) is 6. The van der Waals surface area contributed by atoms with Gasteiger partial charge in [-0.05, 0) is 59.1 Å². The van der Waals surface area contributed by atoms with Gasteiger partial charge in [0.2, 0.25) is 0 Å². The molecule has 0 fully saturated rings. The van der Waals surface area contributed by atoms with Gasteiger partial charge in [-0.2, -0.15) is 0 Å². The van der Waals surface area contributed by atoms with E-state index in [0.29, 0.717) is 6.42 Å². The predicted octanol–water partition coefficient (Wildman–Crippen LogP) is 4.03. The minimum absolute atomic E-state index is 0.000313. The Balaban J connectivity index is 2.13. The molecule has 0 saturated carbocycles. The van der Waals surface area contributed by atoms with Crippen LogP contribution in [0.3, 0.4) is 0 Å². The van der Waals surface area contributed by atoms with E-state index in [1.54, 1.807) is 41.5 Å². The fourth-order valence-electron chi connectivity index (χ4n) is 4.29. The molecule has 4 N–H and O–H groups in total. The van der Waals surface area contributed by atoms with Gasteiger partial charge in [-0.25, -0.2) is 9.59 Å². The molecule has 0 aliphatic carbocycles. The summed E-state index contributed by atoms with van der Waals surface area (Å²) in [4.78, 5) is 39.2. The Labute approximate surface area is 231 Å². The van der Waals surface area contributed by atoms with E-state index < -0.39 is 41.5 Å². The SMILES string of the molecule is CC(C)(C)OC(=O)N[C@@H](Cc1ccccc1)[C@H](O)CNCC(=O)[C@H](Cc1ccccc1)N(C(=O)O)C(C)(C)C. The molecule has 2 rings (SSSR count). The molecule has 39 heavy (non-hydrogen) atoms. The summed E-state index contributed by atoms with van der Waals surface area (Å²) in [5, 5.41) is 26.7. The maximum atomic E-state index is 13.4. The lowest BCUT2D eigenvalue weighted by atomic mass is 9.95. The molecule has 9 nitrogen and oxygen atoms in total. The molecule has 0 aliphatic heterocycles. The summed E-state index contributed by atoms with van der Waals surface area (Å²) in [5.74, 6) is -0.317. The van der Waals surface area contributed by atoms with Gasteiger partial charge in [0.1, 0.15) is 5.60 Å². The number of ether oxygens (including phenoxy) is 1. The molecule has 9 heteroatoms. The second-order valence-corrected chi connectivity index (χ2v) is 11.6. The molecule has 0 spiro atoms. The monoisotopic (exact) mass is 541 g/mol. The lowest BCUT2D eigenvalue weighted by Gasteiger charge is -2.39. The first-order chi connectivity index (χ1) is 18.2. The Morgan fingerprint density at radius 2 is 1.38 bits per heavy atom. The van der Waals surface area contributed by atoms with E-state index in [4.69, 9.17) is 4.74 Å². The van der Waals surface area contributed by atoms with Crippen molar-refractivity contribution in [2.24, 2.45) is 0 Å². The van der Waals surface area contributed by atoms with Gasteiger partial charge in [0.25, 0.3) is 0 Å². The summed E-state index contributed by atoms with van der Waals surface area (Å²) in [6.45, 7) is 10.4. The lowest BCUT2D eigenvalue weighted by molar-refractivity contribution is -0.124. The molecule has 2 aromatic carbocycles. The van der Waals surface area contributed by atoms with Crippen LogP contribution in [0.15, 0.2) is 60.7 Å². The molecule has 0 aliphatic rings. The van der Waals surface area contributed by atoms with E-state index in [0.717, 1.165) is 11.1 Å². The molecular formula is C30H43N3O6. The first kappa shape index (κ1) is 31.8. The van der Waals surface area contributed by atoms with Gasteiger partial charge in [0.15, 0.2) is 5.78 Å². The highest BCUT2D eigenvalue weighted by Gasteiger charge is 2.37. The molecular weight excluding hydrogens is 498 g/mol. The summed E-state index contributed by atoms with van der Waals surface area (Å²) in [6, 6.07) is 17.1. The summed E-state index contributed by atoms with van der Waals surface area (Å²) >= 11 is 0. The Hall–Kier alpha value is -3.43. The highest BCUT2D eigenvalue weighted by Crippen LogP contribution is 2.21. The van der Waals surface area contributed by atoms with Crippen LogP contribution in [0, 0.1) is 0 Å². The number of nitrogens with zero attached hydrogens (tertiary/aromatic N) is 1. The van der Waals surface area contributed by atoms with Crippen molar-refractivity contribution in [1.29, 1.82) is 0 Å². The van der Waals surface area contributed by atoms with Crippen molar-refractivity contribution in [3.63, 3.8) is 0 Å². The van der Waals surface area contributed by atoms with E-state index in [2.05, 4.69) is 10.6 Å². The van der Waals surface area contributed by atoms with Crippen molar-refractivity contribution >= 4 is 18.0 Å². The average Bonchev–Trinajstić information content (AvgIpc) is 2.82. The number of carbonyl (C=O) groups is 3. The summed E-state index contributed by atoms with van der Waals surface area (Å²) in [7, 11) is 0. The standard InChI is InChI=1S/C30H43N3O6/c1-29(2,3)33(28(37)38)24(18-22-15-11-8-12-16-22)26(35)20-31-19-25(34)23(17-21-13-9-7-10-14-21)32-27(36)39-30(4,5)6/h7-16,23-25,31,34H,17-20H2,1-6H3,(H,32,36)(H,37,38)/t23-,24-,25+/m0/s1. The molecule has 0 heterocycles. The summed E-state index contributed by atoms with van der Waals surface area (Å²) in [5.41, 5.74) is 0.252.